The zero-order valence-electron chi connectivity index (χ0n) is 16.7. The van der Waals surface area contributed by atoms with E-state index in [0.717, 1.165) is 12.2 Å². The smallest absolute Gasteiger partial charge is 0.233 e. The SMILES string of the molecule is CN=C(NCCOc1ccc(Cl)cc1)NCCN1C(=O)C2C3C=CC(C3)C2C1=O.I. The largest absolute Gasteiger partial charge is 0.492 e. The second kappa shape index (κ2) is 10.00. The molecule has 162 valence electrons. The number of allylic oxidation sites excluding steroid dienone is 2. The molecule has 2 fully saturated rings. The highest BCUT2D eigenvalue weighted by Gasteiger charge is 2.58. The first-order valence-electron chi connectivity index (χ1n) is 9.95. The van der Waals surface area contributed by atoms with E-state index in [1.807, 2.05) is 12.1 Å². The number of likely N-dealkylation sites (tertiary alicyclic amines) is 1. The number of imide groups is 1. The van der Waals surface area contributed by atoms with E-state index >= 15 is 0 Å². The summed E-state index contributed by atoms with van der Waals surface area (Å²) in [5.74, 6) is 1.53. The van der Waals surface area contributed by atoms with Crippen LogP contribution in [0.1, 0.15) is 6.42 Å². The van der Waals surface area contributed by atoms with Gasteiger partial charge in [-0.15, -0.1) is 24.0 Å². The lowest BCUT2D eigenvalue weighted by Crippen LogP contribution is -2.44. The fraction of sp³-hybridized carbons (Fsp3) is 0.476. The van der Waals surface area contributed by atoms with E-state index in [1.54, 1.807) is 19.2 Å². The van der Waals surface area contributed by atoms with Gasteiger partial charge in [0.15, 0.2) is 5.96 Å². The Kier molecular flexibility index (Phi) is 7.62. The van der Waals surface area contributed by atoms with Crippen molar-refractivity contribution in [2.45, 2.75) is 6.42 Å². The molecule has 1 aromatic carbocycles. The van der Waals surface area contributed by atoms with Gasteiger partial charge in [-0.3, -0.25) is 19.5 Å². The van der Waals surface area contributed by atoms with Gasteiger partial charge < -0.3 is 15.4 Å². The maximum atomic E-state index is 12.7. The number of hydrogen-bond donors (Lipinski definition) is 2. The van der Waals surface area contributed by atoms with Crippen LogP contribution in [0.15, 0.2) is 41.4 Å². The van der Waals surface area contributed by atoms with E-state index in [1.165, 1.54) is 4.90 Å². The Hall–Kier alpha value is -1.81. The van der Waals surface area contributed by atoms with E-state index < -0.39 is 0 Å². The summed E-state index contributed by atoms with van der Waals surface area (Å²) in [7, 11) is 1.68. The first kappa shape index (κ1) is 22.9. The number of carbonyl (C=O) groups is 2. The van der Waals surface area contributed by atoms with Gasteiger partial charge in [-0.1, -0.05) is 23.8 Å². The third kappa shape index (κ3) is 4.59. The lowest BCUT2D eigenvalue weighted by molar-refractivity contribution is -0.140. The van der Waals surface area contributed by atoms with Gasteiger partial charge in [0.25, 0.3) is 0 Å². The lowest BCUT2D eigenvalue weighted by atomic mass is 9.85. The fourth-order valence-electron chi connectivity index (χ4n) is 4.56. The maximum absolute atomic E-state index is 12.7. The van der Waals surface area contributed by atoms with E-state index in [0.29, 0.717) is 37.2 Å². The minimum Gasteiger partial charge on any atom is -0.492 e. The third-order valence-corrected chi connectivity index (χ3v) is 6.14. The highest BCUT2D eigenvalue weighted by molar-refractivity contribution is 14.0. The molecule has 1 saturated heterocycles. The van der Waals surface area contributed by atoms with Crippen molar-refractivity contribution in [1.29, 1.82) is 0 Å². The van der Waals surface area contributed by atoms with Crippen LogP contribution in [0, 0.1) is 23.7 Å². The number of hydrogen-bond acceptors (Lipinski definition) is 4. The monoisotopic (exact) mass is 544 g/mol. The van der Waals surface area contributed by atoms with E-state index in [9.17, 15) is 9.59 Å². The highest BCUT2D eigenvalue weighted by atomic mass is 127. The molecule has 3 aliphatic rings. The summed E-state index contributed by atoms with van der Waals surface area (Å²) in [6, 6.07) is 7.19. The predicted octanol–water partition coefficient (Wildman–Crippen LogP) is 2.31. The number of aliphatic imine (C=N–C) groups is 1. The first-order chi connectivity index (χ1) is 14.1. The van der Waals surface area contributed by atoms with Crippen LogP contribution in [0.5, 0.6) is 5.75 Å². The molecule has 1 aromatic rings. The second-order valence-corrected chi connectivity index (χ2v) is 7.99. The van der Waals surface area contributed by atoms with Crippen molar-refractivity contribution < 1.29 is 14.3 Å². The molecule has 4 unspecified atom stereocenters. The number of guanidine groups is 1. The number of amides is 2. The molecule has 2 bridgehead atoms. The summed E-state index contributed by atoms with van der Waals surface area (Å²) in [5, 5.41) is 6.97. The summed E-state index contributed by atoms with van der Waals surface area (Å²) in [6.07, 6.45) is 5.17. The number of carbonyl (C=O) groups excluding carboxylic acids is 2. The van der Waals surface area contributed by atoms with Crippen LogP contribution in [-0.2, 0) is 9.59 Å². The molecule has 2 N–H and O–H groups in total. The van der Waals surface area contributed by atoms with Gasteiger partial charge in [-0.25, -0.2) is 0 Å². The molecule has 2 amide bonds. The third-order valence-electron chi connectivity index (χ3n) is 5.89. The quantitative estimate of drug-likeness (QED) is 0.138. The minimum atomic E-state index is -0.139. The average molecular weight is 545 g/mol. The van der Waals surface area contributed by atoms with Crippen LogP contribution in [0.25, 0.3) is 0 Å². The second-order valence-electron chi connectivity index (χ2n) is 7.56. The number of rotatable bonds is 7. The van der Waals surface area contributed by atoms with Gasteiger partial charge in [0.1, 0.15) is 12.4 Å². The molecule has 2 aliphatic carbocycles. The minimum absolute atomic E-state index is 0. The summed E-state index contributed by atoms with van der Waals surface area (Å²) < 4.78 is 5.63. The van der Waals surface area contributed by atoms with E-state index in [-0.39, 0.29) is 59.5 Å². The van der Waals surface area contributed by atoms with Crippen molar-refractivity contribution >= 4 is 53.4 Å². The highest BCUT2D eigenvalue weighted by Crippen LogP contribution is 2.52. The molecule has 0 aromatic heterocycles. The molecule has 30 heavy (non-hydrogen) atoms. The van der Waals surface area contributed by atoms with Crippen LogP contribution >= 0.6 is 35.6 Å². The molecule has 4 rings (SSSR count). The van der Waals surface area contributed by atoms with E-state index in [4.69, 9.17) is 16.3 Å². The van der Waals surface area contributed by atoms with Crippen molar-refractivity contribution in [2.24, 2.45) is 28.7 Å². The molecule has 0 spiro atoms. The Morgan fingerprint density at radius 1 is 1.10 bits per heavy atom. The zero-order valence-corrected chi connectivity index (χ0v) is 19.8. The molecule has 1 heterocycles. The van der Waals surface area contributed by atoms with Gasteiger partial charge in [0.05, 0.1) is 18.4 Å². The molecule has 4 atom stereocenters. The average Bonchev–Trinajstić information content (AvgIpc) is 3.40. The van der Waals surface area contributed by atoms with Gasteiger partial charge in [0.2, 0.25) is 11.8 Å². The topological polar surface area (TPSA) is 83.0 Å². The van der Waals surface area contributed by atoms with Crippen molar-refractivity contribution in [3.63, 3.8) is 0 Å². The van der Waals surface area contributed by atoms with Crippen LogP contribution in [0.4, 0.5) is 0 Å². The predicted molar refractivity (Wildman–Crippen MR) is 126 cm³/mol. The van der Waals surface area contributed by atoms with E-state index in [2.05, 4.69) is 27.8 Å². The van der Waals surface area contributed by atoms with Crippen molar-refractivity contribution in [3.8, 4) is 5.75 Å². The van der Waals surface area contributed by atoms with Crippen molar-refractivity contribution in [1.82, 2.24) is 15.5 Å². The van der Waals surface area contributed by atoms with Crippen LogP contribution in [0.2, 0.25) is 5.02 Å². The van der Waals surface area contributed by atoms with Crippen LogP contribution in [0.3, 0.4) is 0 Å². The number of nitrogens with one attached hydrogen (secondary N) is 2. The van der Waals surface area contributed by atoms with Crippen molar-refractivity contribution in [3.05, 3.63) is 41.4 Å². The van der Waals surface area contributed by atoms with Gasteiger partial charge in [-0.2, -0.15) is 0 Å². The lowest BCUT2D eigenvalue weighted by Gasteiger charge is -2.18. The summed E-state index contributed by atoms with van der Waals surface area (Å²) in [5.41, 5.74) is 0. The van der Waals surface area contributed by atoms with Gasteiger partial charge in [0, 0.05) is 25.2 Å². The number of benzene rings is 1. The van der Waals surface area contributed by atoms with Crippen LogP contribution < -0.4 is 15.4 Å². The fourth-order valence-corrected chi connectivity index (χ4v) is 4.69. The molecule has 1 saturated carbocycles. The zero-order chi connectivity index (χ0) is 20.4. The molecular weight excluding hydrogens is 519 g/mol. The Morgan fingerprint density at radius 2 is 1.70 bits per heavy atom. The normalized spacial score (nSPS) is 26.6. The number of fused-ring (bicyclic) bond motifs is 5. The van der Waals surface area contributed by atoms with Gasteiger partial charge >= 0.3 is 0 Å². The standard InChI is InChI=1S/C21H25ClN4O3.HI/c1-23-21(25-9-11-29-16-6-4-15(22)5-7-16)24-8-10-26-19(27)17-13-2-3-14(12-13)18(17)20(26)28;/h2-7,13-14,17-18H,8-12H2,1H3,(H2,23,24,25);1H. The Labute approximate surface area is 198 Å². The van der Waals surface area contributed by atoms with Crippen LogP contribution in [-0.4, -0.2) is 56.0 Å². The summed E-state index contributed by atoms with van der Waals surface area (Å²) >= 11 is 5.85. The number of nitrogens with zero attached hydrogens (tertiary/aromatic N) is 2. The number of ether oxygens (including phenoxy) is 1. The first-order valence-corrected chi connectivity index (χ1v) is 10.3. The maximum Gasteiger partial charge on any atom is 0.233 e. The molecule has 1 aliphatic heterocycles. The molecule has 9 heteroatoms. The molecular formula is C21H26ClIN4O3. The molecule has 7 nitrogen and oxygen atoms in total. The number of halogens is 2. The molecule has 0 radical (unpaired) electrons. The summed E-state index contributed by atoms with van der Waals surface area (Å²) in [4.78, 5) is 30.9. The Balaban J connectivity index is 0.00000256. The Bertz CT molecular complexity index is 815. The van der Waals surface area contributed by atoms with Crippen molar-refractivity contribution in [2.75, 3.05) is 33.3 Å². The Morgan fingerprint density at radius 3 is 2.30 bits per heavy atom. The van der Waals surface area contributed by atoms with Gasteiger partial charge in [-0.05, 0) is 42.5 Å². The summed E-state index contributed by atoms with van der Waals surface area (Å²) in [6.45, 7) is 1.83.